The van der Waals surface area contributed by atoms with E-state index >= 15 is 0 Å². The van der Waals surface area contributed by atoms with Crippen LogP contribution in [0.25, 0.3) is 0 Å². The van der Waals surface area contributed by atoms with E-state index in [0.29, 0.717) is 0 Å². The lowest BCUT2D eigenvalue weighted by Crippen LogP contribution is -2.61. The second-order valence-corrected chi connectivity index (χ2v) is 9.09. The van der Waals surface area contributed by atoms with Gasteiger partial charge in [-0.05, 0) is 73.4 Å². The average Bonchev–Trinajstić information content (AvgIpc) is 2.72. The second-order valence-electron chi connectivity index (χ2n) is 7.18. The van der Waals surface area contributed by atoms with Crippen LogP contribution in [0.15, 0.2) is 58.0 Å². The van der Waals surface area contributed by atoms with Crippen molar-refractivity contribution in [3.63, 3.8) is 0 Å². The molecule has 0 heterocycles. The zero-order valence-corrected chi connectivity index (χ0v) is 22.7. The summed E-state index contributed by atoms with van der Waals surface area (Å²) in [6.07, 6.45) is 0. The van der Waals surface area contributed by atoms with Crippen molar-refractivity contribution in [1.29, 1.82) is 0 Å². The number of rotatable bonds is 10. The highest BCUT2D eigenvalue weighted by Crippen LogP contribution is 2.55. The highest BCUT2D eigenvalue weighted by Gasteiger charge is 2.66. The topological polar surface area (TPSA) is 97.4 Å². The number of carbonyl (C=O) groups is 3. The Hall–Kier alpha value is -2.01. The van der Waals surface area contributed by atoms with E-state index in [0.717, 1.165) is 0 Å². The number of carbonyl (C=O) groups excluding carboxylic acids is 3. The van der Waals surface area contributed by atoms with Crippen molar-refractivity contribution in [2.75, 3.05) is 13.2 Å². The van der Waals surface area contributed by atoms with E-state index in [9.17, 15) is 14.4 Å². The van der Waals surface area contributed by atoms with Gasteiger partial charge in [-0.3, -0.25) is 0 Å². The van der Waals surface area contributed by atoms with Crippen LogP contribution in [0, 0.1) is 0 Å². The van der Waals surface area contributed by atoms with E-state index in [-0.39, 0.29) is 51.5 Å². The summed E-state index contributed by atoms with van der Waals surface area (Å²) in [5, 5.41) is 0. The van der Waals surface area contributed by atoms with Gasteiger partial charge in [-0.25, -0.2) is 14.4 Å². The predicted octanol–water partition coefficient (Wildman–Crippen LogP) is 5.10. The molecule has 10 heteroatoms. The molecule has 0 aromatic heterocycles. The summed E-state index contributed by atoms with van der Waals surface area (Å²) in [6, 6.07) is 0. The summed E-state index contributed by atoms with van der Waals surface area (Å²) in [5.74, 6) is -4.77. The quantitative estimate of drug-likeness (QED) is 0.114. The highest BCUT2D eigenvalue weighted by molar-refractivity contribution is 9.12. The molecule has 0 saturated carbocycles. The van der Waals surface area contributed by atoms with E-state index < -0.39 is 28.2 Å². The van der Waals surface area contributed by atoms with Crippen molar-refractivity contribution < 1.29 is 38.1 Å². The minimum atomic E-state index is -2.07. The van der Waals surface area contributed by atoms with Gasteiger partial charge in [-0.2, -0.15) is 0 Å². The monoisotopic (exact) mass is 590 g/mol. The van der Waals surface area contributed by atoms with Gasteiger partial charge in [0.15, 0.2) is 11.5 Å². The summed E-state index contributed by atoms with van der Waals surface area (Å²) in [6.45, 7) is 20.1. The summed E-state index contributed by atoms with van der Waals surface area (Å²) in [4.78, 5) is 37.6. The van der Waals surface area contributed by atoms with E-state index in [2.05, 4.69) is 51.6 Å². The molecular formula is C23H28Br2O8. The van der Waals surface area contributed by atoms with Gasteiger partial charge in [-0.1, -0.05) is 19.7 Å². The lowest BCUT2D eigenvalue weighted by atomic mass is 9.91. The molecule has 0 amide bonds. The zero-order chi connectivity index (χ0) is 25.7. The molecule has 0 saturated heterocycles. The zero-order valence-electron chi connectivity index (χ0n) is 19.6. The van der Waals surface area contributed by atoms with Gasteiger partial charge in [0.1, 0.15) is 4.48 Å². The first-order valence-corrected chi connectivity index (χ1v) is 11.5. The number of halogens is 2. The fraction of sp³-hybridized carbons (Fsp3) is 0.435. The van der Waals surface area contributed by atoms with Crippen LogP contribution in [0.1, 0.15) is 41.5 Å². The maximum atomic E-state index is 12.7. The van der Waals surface area contributed by atoms with Crippen molar-refractivity contribution in [3.8, 4) is 0 Å². The van der Waals surface area contributed by atoms with E-state index in [4.69, 9.17) is 23.7 Å². The lowest BCUT2D eigenvalue weighted by molar-refractivity contribution is -0.263. The number of alkyl halides is 1. The largest absolute Gasteiger partial charge is 0.422 e. The molecule has 182 valence electrons. The van der Waals surface area contributed by atoms with Crippen LogP contribution in [-0.2, 0) is 38.1 Å². The van der Waals surface area contributed by atoms with Crippen molar-refractivity contribution in [2.24, 2.45) is 0 Å². The fourth-order valence-electron chi connectivity index (χ4n) is 2.69. The lowest BCUT2D eigenvalue weighted by Gasteiger charge is -2.48. The normalized spacial score (nSPS) is 22.5. The van der Waals surface area contributed by atoms with Crippen molar-refractivity contribution in [3.05, 3.63) is 58.0 Å². The molecule has 0 bridgehead atoms. The van der Waals surface area contributed by atoms with Crippen molar-refractivity contribution in [2.45, 2.75) is 51.8 Å². The molecule has 1 rings (SSSR count). The first-order valence-electron chi connectivity index (χ1n) is 9.93. The van der Waals surface area contributed by atoms with Gasteiger partial charge in [0.25, 0.3) is 10.3 Å². The van der Waals surface area contributed by atoms with Crippen LogP contribution in [-0.4, -0.2) is 41.4 Å². The summed E-state index contributed by atoms with van der Waals surface area (Å²) in [7, 11) is 0. The third-order valence-corrected chi connectivity index (χ3v) is 6.14. The molecule has 1 aliphatic rings. The van der Waals surface area contributed by atoms with Gasteiger partial charge < -0.3 is 23.7 Å². The predicted molar refractivity (Wildman–Crippen MR) is 129 cm³/mol. The Balaban J connectivity index is 4.05. The van der Waals surface area contributed by atoms with Crippen LogP contribution in [0.2, 0.25) is 0 Å². The Morgan fingerprint density at radius 2 is 1.30 bits per heavy atom. The van der Waals surface area contributed by atoms with Crippen LogP contribution < -0.4 is 0 Å². The van der Waals surface area contributed by atoms with Gasteiger partial charge in [-0.15, -0.1) is 0 Å². The van der Waals surface area contributed by atoms with E-state index in [1.807, 2.05) is 0 Å². The highest BCUT2D eigenvalue weighted by atomic mass is 79.9. The Bertz CT molecular complexity index is 962. The Labute approximate surface area is 210 Å². The Morgan fingerprint density at radius 3 is 1.73 bits per heavy atom. The minimum absolute atomic E-state index is 0.0300. The molecule has 1 aliphatic carbocycles. The van der Waals surface area contributed by atoms with E-state index in [1.54, 1.807) is 13.8 Å². The van der Waals surface area contributed by atoms with Gasteiger partial charge >= 0.3 is 17.9 Å². The average molecular weight is 592 g/mol. The number of hydrogen-bond donors (Lipinski definition) is 0. The number of hydrogen-bond acceptors (Lipinski definition) is 8. The molecule has 0 aromatic carbocycles. The molecule has 0 aromatic rings. The SMILES string of the molecule is C=C(C)C(=O)OC1=C(C)C(OCC)(OC(=O)C(=C)C)C(Br)(OCC)C(OC(=O)C(=C)C)=C1Br. The molecule has 2 atom stereocenters. The molecule has 2 unspecified atom stereocenters. The first-order chi connectivity index (χ1) is 15.2. The minimum Gasteiger partial charge on any atom is -0.422 e. The standard InChI is InChI=1S/C23H28Br2O8/c1-10-29-22(25)18(32-20(27)13(5)6)16(24)17(31-19(26)12(3)4)15(9)23(22,30-11-2)33-21(28)14(7)8/h3,5,7,10-11H2,1-2,4,6,8-9H3. The maximum absolute atomic E-state index is 12.7. The molecule has 0 radical (unpaired) electrons. The fourth-order valence-corrected chi connectivity index (χ4v) is 4.70. The van der Waals surface area contributed by atoms with Crippen LogP contribution in [0.4, 0.5) is 0 Å². The van der Waals surface area contributed by atoms with Crippen LogP contribution in [0.5, 0.6) is 0 Å². The molecule has 0 aliphatic heterocycles. The summed E-state index contributed by atoms with van der Waals surface area (Å²) >= 11 is 6.81. The third-order valence-electron chi connectivity index (χ3n) is 4.31. The van der Waals surface area contributed by atoms with Crippen LogP contribution in [0.3, 0.4) is 0 Å². The molecular weight excluding hydrogens is 564 g/mol. The second kappa shape index (κ2) is 11.4. The third kappa shape index (κ3) is 5.74. The summed E-state index contributed by atoms with van der Waals surface area (Å²) < 4.78 is 27.0. The molecule has 0 N–H and O–H groups in total. The molecule has 0 spiro atoms. The number of ether oxygens (including phenoxy) is 5. The van der Waals surface area contributed by atoms with Crippen molar-refractivity contribution >= 4 is 49.8 Å². The van der Waals surface area contributed by atoms with Crippen molar-refractivity contribution in [1.82, 2.24) is 0 Å². The van der Waals surface area contributed by atoms with Crippen LogP contribution >= 0.6 is 31.9 Å². The molecule has 33 heavy (non-hydrogen) atoms. The van der Waals surface area contributed by atoms with Gasteiger partial charge in [0.05, 0.1) is 0 Å². The van der Waals surface area contributed by atoms with E-state index in [1.165, 1.54) is 27.7 Å². The van der Waals surface area contributed by atoms with Gasteiger partial charge in [0.2, 0.25) is 0 Å². The Kier molecular flexibility index (Phi) is 10.0. The first kappa shape index (κ1) is 29.0. The maximum Gasteiger partial charge on any atom is 0.338 e. The molecule has 8 nitrogen and oxygen atoms in total. The molecule has 0 fully saturated rings. The van der Waals surface area contributed by atoms with Gasteiger partial charge in [0, 0.05) is 35.5 Å². The summed E-state index contributed by atoms with van der Waals surface area (Å²) in [5.41, 5.74) is 0.406. The number of allylic oxidation sites excluding steroid dienone is 1. The smallest absolute Gasteiger partial charge is 0.338 e. The number of esters is 3. The Morgan fingerprint density at radius 1 is 0.848 bits per heavy atom.